The lowest BCUT2D eigenvalue weighted by atomic mass is 9.34. The molecule has 324 valence electrons. The van der Waals surface area contributed by atoms with Crippen LogP contribution < -0.4 is 0 Å². The Labute approximate surface area is 331 Å². The van der Waals surface area contributed by atoms with Crippen LogP contribution in [0.15, 0.2) is 11.6 Å². The van der Waals surface area contributed by atoms with E-state index in [4.69, 9.17) is 18.9 Å². The molecular formula is C42H72O14. The van der Waals surface area contributed by atoms with Crippen molar-refractivity contribution in [2.24, 2.45) is 45.3 Å². The van der Waals surface area contributed by atoms with Crippen molar-refractivity contribution < 1.29 is 70.0 Å². The third-order valence-electron chi connectivity index (χ3n) is 16.6. The third kappa shape index (κ3) is 7.06. The van der Waals surface area contributed by atoms with Gasteiger partial charge in [0.1, 0.15) is 48.8 Å². The maximum absolute atomic E-state index is 12.6. The highest BCUT2D eigenvalue weighted by molar-refractivity contribution is 5.22. The Morgan fingerprint density at radius 2 is 1.32 bits per heavy atom. The summed E-state index contributed by atoms with van der Waals surface area (Å²) in [6, 6.07) is 0. The van der Waals surface area contributed by atoms with Gasteiger partial charge in [-0.1, -0.05) is 46.3 Å². The molecule has 6 fully saturated rings. The van der Waals surface area contributed by atoms with Gasteiger partial charge < -0.3 is 70.0 Å². The van der Waals surface area contributed by atoms with E-state index in [0.717, 1.165) is 12.0 Å². The topological polar surface area (TPSA) is 239 Å². The van der Waals surface area contributed by atoms with Crippen molar-refractivity contribution in [1.82, 2.24) is 0 Å². The summed E-state index contributed by atoms with van der Waals surface area (Å²) in [6.45, 7) is 15.7. The van der Waals surface area contributed by atoms with E-state index < -0.39 is 120 Å². The first-order valence-electron chi connectivity index (χ1n) is 21.0. The lowest BCUT2D eigenvalue weighted by Crippen LogP contribution is -2.71. The molecule has 2 unspecified atom stereocenters. The predicted octanol–water partition coefficient (Wildman–Crippen LogP) is 1.12. The van der Waals surface area contributed by atoms with Crippen molar-refractivity contribution in [2.45, 2.75) is 192 Å². The third-order valence-corrected chi connectivity index (χ3v) is 16.6. The zero-order valence-electron chi connectivity index (χ0n) is 34.6. The summed E-state index contributed by atoms with van der Waals surface area (Å²) in [4.78, 5) is 0. The minimum absolute atomic E-state index is 0.000258. The molecule has 0 amide bonds. The van der Waals surface area contributed by atoms with Gasteiger partial charge in [-0.3, -0.25) is 0 Å². The van der Waals surface area contributed by atoms with E-state index in [2.05, 4.69) is 26.8 Å². The van der Waals surface area contributed by atoms with Crippen LogP contribution in [0.1, 0.15) is 107 Å². The molecule has 4 aliphatic carbocycles. The molecule has 6 aliphatic rings. The highest BCUT2D eigenvalue weighted by Gasteiger charge is 2.74. The molecule has 56 heavy (non-hydrogen) atoms. The Morgan fingerprint density at radius 3 is 1.89 bits per heavy atom. The summed E-state index contributed by atoms with van der Waals surface area (Å²) in [6.07, 6.45) is -9.52. The van der Waals surface area contributed by atoms with E-state index in [1.165, 1.54) is 0 Å². The van der Waals surface area contributed by atoms with E-state index in [1.807, 2.05) is 34.6 Å². The van der Waals surface area contributed by atoms with Crippen molar-refractivity contribution in [1.29, 1.82) is 0 Å². The van der Waals surface area contributed by atoms with Crippen molar-refractivity contribution in [3.05, 3.63) is 11.6 Å². The van der Waals surface area contributed by atoms with Crippen LogP contribution in [-0.4, -0.2) is 150 Å². The molecular weight excluding hydrogens is 728 g/mol. The van der Waals surface area contributed by atoms with Gasteiger partial charge in [0.05, 0.1) is 37.1 Å². The molecule has 6 rings (SSSR count). The Balaban J connectivity index is 1.39. The number of ether oxygens (including phenoxy) is 4. The maximum Gasteiger partial charge on any atom is 0.187 e. The molecule has 0 spiro atoms. The first-order chi connectivity index (χ1) is 26.0. The number of hydrogen-bond acceptors (Lipinski definition) is 14. The average Bonchev–Trinajstić information content (AvgIpc) is 3.52. The van der Waals surface area contributed by atoms with E-state index in [9.17, 15) is 51.1 Å². The van der Waals surface area contributed by atoms with Gasteiger partial charge >= 0.3 is 0 Å². The molecule has 2 saturated heterocycles. The number of fused-ring (bicyclic) bond motifs is 5. The summed E-state index contributed by atoms with van der Waals surface area (Å²) in [5.74, 6) is -0.781. The van der Waals surface area contributed by atoms with E-state index in [1.54, 1.807) is 0 Å². The molecule has 21 atom stereocenters. The number of rotatable bonds is 10. The van der Waals surface area contributed by atoms with Crippen molar-refractivity contribution >= 4 is 0 Å². The second-order valence-corrected chi connectivity index (χ2v) is 20.2. The van der Waals surface area contributed by atoms with E-state index >= 15 is 0 Å². The minimum atomic E-state index is -1.61. The molecule has 0 aromatic heterocycles. The molecule has 0 aromatic carbocycles. The fourth-order valence-corrected chi connectivity index (χ4v) is 13.5. The quantitative estimate of drug-likeness (QED) is 0.110. The highest BCUT2D eigenvalue weighted by Crippen LogP contribution is 2.76. The first kappa shape index (κ1) is 44.7. The molecule has 14 heteroatoms. The Hall–Kier alpha value is -0.820. The smallest absolute Gasteiger partial charge is 0.187 e. The molecule has 2 aliphatic heterocycles. The van der Waals surface area contributed by atoms with Crippen LogP contribution in [0.5, 0.6) is 0 Å². The number of allylic oxidation sites excluding steroid dienone is 2. The second kappa shape index (κ2) is 15.9. The number of aliphatic hydroxyl groups is 10. The molecule has 10 N–H and O–H groups in total. The number of aliphatic hydroxyl groups excluding tert-OH is 10. The zero-order valence-corrected chi connectivity index (χ0v) is 34.6. The molecule has 14 nitrogen and oxygen atoms in total. The number of hydrogen-bond donors (Lipinski definition) is 10. The fraction of sp³-hybridized carbons (Fsp3) is 0.952. The van der Waals surface area contributed by atoms with Crippen LogP contribution in [0, 0.1) is 45.3 Å². The average molecular weight is 801 g/mol. The van der Waals surface area contributed by atoms with Crippen LogP contribution in [0.3, 0.4) is 0 Å². The van der Waals surface area contributed by atoms with Crippen LogP contribution >= 0.6 is 0 Å². The summed E-state index contributed by atoms with van der Waals surface area (Å²) < 4.78 is 25.4. The summed E-state index contributed by atoms with van der Waals surface area (Å²) >= 11 is 0. The predicted molar refractivity (Wildman–Crippen MR) is 202 cm³/mol. The molecule has 0 bridgehead atoms. The maximum atomic E-state index is 12.6. The first-order valence-corrected chi connectivity index (χ1v) is 21.0. The standard InChI is InChI=1S/C42H72O14/c1-20(2)10-9-13-42(8,56-37-34(52)32(50)30(48)25(19-44)55-37)21-11-15-40(6)28(21)22(45)16-26-39(5)14-12-27(46)38(3,4)35(39)23(17-41(26,40)7)53-36-33(51)31(49)29(47)24(18-43)54-36/h10,21-37,43-52H,9,11-19H2,1-8H3/t21-,22+,23-,24+,25+,26?,27-,28-,29+,30+,31-,32-,33+,34+,35?,36+,37-,39+,40+,41+,42-/m1/s1. The van der Waals surface area contributed by atoms with Crippen molar-refractivity contribution in [2.75, 3.05) is 13.2 Å². The van der Waals surface area contributed by atoms with Crippen molar-refractivity contribution in [3.63, 3.8) is 0 Å². The van der Waals surface area contributed by atoms with E-state index in [0.29, 0.717) is 44.9 Å². The van der Waals surface area contributed by atoms with Gasteiger partial charge in [0, 0.05) is 0 Å². The Kier molecular flexibility index (Phi) is 12.7. The fourth-order valence-electron chi connectivity index (χ4n) is 13.5. The highest BCUT2D eigenvalue weighted by atomic mass is 16.7. The second-order valence-electron chi connectivity index (χ2n) is 20.2. The van der Waals surface area contributed by atoms with Gasteiger partial charge in [-0.25, -0.2) is 0 Å². The summed E-state index contributed by atoms with van der Waals surface area (Å²) in [7, 11) is 0. The van der Waals surface area contributed by atoms with Crippen LogP contribution in [0.25, 0.3) is 0 Å². The zero-order chi connectivity index (χ0) is 41.5. The van der Waals surface area contributed by atoms with Crippen LogP contribution in [-0.2, 0) is 18.9 Å². The lowest BCUT2D eigenvalue weighted by Gasteiger charge is -2.72. The van der Waals surface area contributed by atoms with Gasteiger partial charge in [0.2, 0.25) is 0 Å². The van der Waals surface area contributed by atoms with Gasteiger partial charge in [0.15, 0.2) is 12.6 Å². The van der Waals surface area contributed by atoms with Gasteiger partial charge in [-0.15, -0.1) is 0 Å². The van der Waals surface area contributed by atoms with Crippen LogP contribution in [0.4, 0.5) is 0 Å². The van der Waals surface area contributed by atoms with Gasteiger partial charge in [0.25, 0.3) is 0 Å². The van der Waals surface area contributed by atoms with Crippen molar-refractivity contribution in [3.8, 4) is 0 Å². The molecule has 0 radical (unpaired) electrons. The monoisotopic (exact) mass is 800 g/mol. The minimum Gasteiger partial charge on any atom is -0.394 e. The summed E-state index contributed by atoms with van der Waals surface area (Å²) in [5.41, 5.74) is -1.92. The SMILES string of the molecule is CC(C)=CCC[C@@](C)(O[C@H]1O[C@@H](CO)[C@H](O)[C@@H](O)[C@@H]1O)[C@@H]1CC[C@@]2(C)[C@H]1[C@@H](O)CC1[C@]3(C)CC[C@@H](O)C(C)(C)C3[C@H](O[C@H]3O[C@@H](CO)[C@H](O)[C@@H](O)[C@@H]3O)C[C@@]12C. The normalized spacial score (nSPS) is 52.6. The lowest BCUT2D eigenvalue weighted by molar-refractivity contribution is -0.349. The summed E-state index contributed by atoms with van der Waals surface area (Å²) in [5, 5.41) is 109. The van der Waals surface area contributed by atoms with Gasteiger partial charge in [-0.2, -0.15) is 0 Å². The molecule has 0 aromatic rings. The molecule has 2 heterocycles. The Bertz CT molecular complexity index is 1400. The van der Waals surface area contributed by atoms with Gasteiger partial charge in [-0.05, 0) is 117 Å². The largest absolute Gasteiger partial charge is 0.394 e. The molecule has 4 saturated carbocycles. The van der Waals surface area contributed by atoms with Crippen LogP contribution in [0.2, 0.25) is 0 Å². The Morgan fingerprint density at radius 1 is 0.750 bits per heavy atom. The van der Waals surface area contributed by atoms with E-state index in [-0.39, 0.29) is 23.7 Å².